The summed E-state index contributed by atoms with van der Waals surface area (Å²) in [6.45, 7) is 2.05. The maximum absolute atomic E-state index is 10.2. The van der Waals surface area contributed by atoms with Crippen molar-refractivity contribution < 1.29 is 9.52 Å². The predicted molar refractivity (Wildman–Crippen MR) is 77.4 cm³/mol. The molecule has 1 unspecified atom stereocenters. The lowest BCUT2D eigenvalue weighted by Gasteiger charge is -2.05. The predicted octanol–water partition coefficient (Wildman–Crippen LogP) is 3.14. The number of nitrogens with zero attached hydrogens (tertiary/aromatic N) is 2. The van der Waals surface area contributed by atoms with E-state index in [0.29, 0.717) is 12.2 Å². The Balaban J connectivity index is 1.73. The van der Waals surface area contributed by atoms with Crippen molar-refractivity contribution in [2.75, 3.05) is 0 Å². The van der Waals surface area contributed by atoms with E-state index >= 15 is 0 Å². The van der Waals surface area contributed by atoms with E-state index < -0.39 is 6.10 Å². The van der Waals surface area contributed by atoms with Crippen molar-refractivity contribution in [2.24, 2.45) is 7.05 Å². The molecule has 0 radical (unpaired) electrons. The first-order valence-electron chi connectivity index (χ1n) is 6.77. The van der Waals surface area contributed by atoms with Crippen molar-refractivity contribution in [1.82, 2.24) is 9.78 Å². The molecule has 0 amide bonds. The second-order valence-corrected chi connectivity index (χ2v) is 5.27. The van der Waals surface area contributed by atoms with Gasteiger partial charge in [0.2, 0.25) is 0 Å². The van der Waals surface area contributed by atoms with Gasteiger partial charge in [-0.1, -0.05) is 11.6 Å². The summed E-state index contributed by atoms with van der Waals surface area (Å²) in [6.07, 6.45) is 4.63. The fraction of sp³-hybridized carbons (Fsp3) is 0.312. The highest BCUT2D eigenvalue weighted by molar-refractivity contribution is 5.78. The van der Waals surface area contributed by atoms with Crippen molar-refractivity contribution in [2.45, 2.75) is 25.9 Å². The average molecular weight is 270 g/mol. The van der Waals surface area contributed by atoms with Gasteiger partial charge in [-0.05, 0) is 43.5 Å². The van der Waals surface area contributed by atoms with Crippen LogP contribution in [0.15, 0.2) is 41.1 Å². The molecule has 0 aliphatic carbocycles. The zero-order valence-electron chi connectivity index (χ0n) is 11.7. The largest absolute Gasteiger partial charge is 0.458 e. The summed E-state index contributed by atoms with van der Waals surface area (Å²) in [5, 5.41) is 15.4. The molecule has 3 rings (SSSR count). The first kappa shape index (κ1) is 12.9. The Hall–Kier alpha value is -2.07. The number of aliphatic hydroxyl groups is 1. The normalized spacial score (nSPS) is 12.9. The second kappa shape index (κ2) is 5.13. The average Bonchev–Trinajstić information content (AvgIpc) is 3.01. The van der Waals surface area contributed by atoms with Gasteiger partial charge >= 0.3 is 0 Å². The molecule has 0 spiro atoms. The summed E-state index contributed by atoms with van der Waals surface area (Å²) in [5.74, 6) is 0.634. The number of aryl methyl sites for hydroxylation is 3. The fourth-order valence-corrected chi connectivity index (χ4v) is 2.39. The second-order valence-electron chi connectivity index (χ2n) is 5.27. The van der Waals surface area contributed by atoms with Gasteiger partial charge in [-0.15, -0.1) is 0 Å². The smallest absolute Gasteiger partial charge is 0.134 e. The third-order valence-electron chi connectivity index (χ3n) is 3.48. The fourth-order valence-electron chi connectivity index (χ4n) is 2.39. The highest BCUT2D eigenvalue weighted by atomic mass is 16.4. The number of aliphatic hydroxyl groups excluding tert-OH is 1. The zero-order valence-corrected chi connectivity index (χ0v) is 11.7. The van der Waals surface area contributed by atoms with Crippen molar-refractivity contribution >= 4 is 11.0 Å². The number of rotatable bonds is 4. The van der Waals surface area contributed by atoms with Crippen LogP contribution in [0.1, 0.15) is 29.4 Å². The topological polar surface area (TPSA) is 51.2 Å². The lowest BCUT2D eigenvalue weighted by atomic mass is 10.1. The van der Waals surface area contributed by atoms with E-state index in [9.17, 15) is 5.11 Å². The zero-order chi connectivity index (χ0) is 14.1. The van der Waals surface area contributed by atoms with Crippen LogP contribution in [0.25, 0.3) is 11.0 Å². The lowest BCUT2D eigenvalue weighted by Crippen LogP contribution is -1.97. The van der Waals surface area contributed by atoms with E-state index in [1.54, 1.807) is 4.68 Å². The highest BCUT2D eigenvalue weighted by Gasteiger charge is 2.14. The lowest BCUT2D eigenvalue weighted by molar-refractivity contribution is 0.143. The summed E-state index contributed by atoms with van der Waals surface area (Å²) in [6, 6.07) is 7.95. The first-order chi connectivity index (χ1) is 9.61. The van der Waals surface area contributed by atoms with Gasteiger partial charge in [0.15, 0.2) is 0 Å². The molecule has 2 aromatic heterocycles. The van der Waals surface area contributed by atoms with E-state index in [2.05, 4.69) is 11.2 Å². The van der Waals surface area contributed by atoms with Gasteiger partial charge in [-0.3, -0.25) is 4.68 Å². The van der Waals surface area contributed by atoms with Gasteiger partial charge in [-0.25, -0.2) is 0 Å². The Morgan fingerprint density at radius 2 is 2.20 bits per heavy atom. The summed E-state index contributed by atoms with van der Waals surface area (Å²) in [4.78, 5) is 0. The van der Waals surface area contributed by atoms with Crippen LogP contribution in [0.4, 0.5) is 0 Å². The molecule has 0 aliphatic heterocycles. The van der Waals surface area contributed by atoms with Crippen molar-refractivity contribution in [3.8, 4) is 0 Å². The molecule has 0 fully saturated rings. The molecule has 0 aliphatic rings. The Kier molecular flexibility index (Phi) is 3.32. The molecule has 0 bridgehead atoms. The van der Waals surface area contributed by atoms with Gasteiger partial charge in [0.25, 0.3) is 0 Å². The quantitative estimate of drug-likeness (QED) is 0.792. The molecule has 1 N–H and O–H groups in total. The number of hydrogen-bond donors (Lipinski definition) is 1. The number of hydrogen-bond acceptors (Lipinski definition) is 3. The molecule has 20 heavy (non-hydrogen) atoms. The summed E-state index contributed by atoms with van der Waals surface area (Å²) in [7, 11) is 1.89. The van der Waals surface area contributed by atoms with Crippen molar-refractivity contribution in [3.05, 3.63) is 53.5 Å². The molecule has 4 heteroatoms. The molecule has 0 saturated carbocycles. The Morgan fingerprint density at radius 3 is 2.95 bits per heavy atom. The van der Waals surface area contributed by atoms with Crippen LogP contribution in [-0.2, 0) is 13.5 Å². The van der Waals surface area contributed by atoms with Crippen LogP contribution in [0.5, 0.6) is 0 Å². The van der Waals surface area contributed by atoms with E-state index in [0.717, 1.165) is 23.0 Å². The summed E-state index contributed by atoms with van der Waals surface area (Å²) in [5.41, 5.74) is 3.14. The van der Waals surface area contributed by atoms with Crippen LogP contribution in [0, 0.1) is 6.92 Å². The van der Waals surface area contributed by atoms with Crippen molar-refractivity contribution in [3.63, 3.8) is 0 Å². The number of aromatic nitrogens is 2. The van der Waals surface area contributed by atoms with Crippen LogP contribution in [0.3, 0.4) is 0 Å². The standard InChI is InChI=1S/C16H18N2O2/c1-11-3-6-15-13(7-11)8-16(20-15)14(19)5-4-12-9-17-18(2)10-12/h3,6-10,14,19H,4-5H2,1-2H3. The molecule has 4 nitrogen and oxygen atoms in total. The number of fused-ring (bicyclic) bond motifs is 1. The third kappa shape index (κ3) is 2.60. The minimum Gasteiger partial charge on any atom is -0.458 e. The minimum atomic E-state index is -0.581. The highest BCUT2D eigenvalue weighted by Crippen LogP contribution is 2.27. The van der Waals surface area contributed by atoms with Crippen LogP contribution in [0.2, 0.25) is 0 Å². The maximum atomic E-state index is 10.2. The monoisotopic (exact) mass is 270 g/mol. The Morgan fingerprint density at radius 1 is 1.35 bits per heavy atom. The molecular weight excluding hydrogens is 252 g/mol. The van der Waals surface area contributed by atoms with E-state index in [4.69, 9.17) is 4.42 Å². The minimum absolute atomic E-state index is 0.581. The molecule has 3 aromatic rings. The van der Waals surface area contributed by atoms with Crippen LogP contribution >= 0.6 is 0 Å². The van der Waals surface area contributed by atoms with Gasteiger partial charge in [-0.2, -0.15) is 5.10 Å². The van der Waals surface area contributed by atoms with Gasteiger partial charge in [0, 0.05) is 18.6 Å². The molecule has 104 valence electrons. The van der Waals surface area contributed by atoms with E-state index in [1.165, 1.54) is 5.56 Å². The van der Waals surface area contributed by atoms with Gasteiger partial charge in [0.05, 0.1) is 6.20 Å². The van der Waals surface area contributed by atoms with E-state index in [-0.39, 0.29) is 0 Å². The molecule has 1 aromatic carbocycles. The number of benzene rings is 1. The SMILES string of the molecule is Cc1ccc2oc(C(O)CCc3cnn(C)c3)cc2c1. The van der Waals surface area contributed by atoms with Crippen LogP contribution in [-0.4, -0.2) is 14.9 Å². The van der Waals surface area contributed by atoms with Crippen LogP contribution < -0.4 is 0 Å². The molecule has 2 heterocycles. The molecule has 1 atom stereocenters. The summed E-state index contributed by atoms with van der Waals surface area (Å²) < 4.78 is 7.48. The Labute approximate surface area is 117 Å². The summed E-state index contributed by atoms with van der Waals surface area (Å²) >= 11 is 0. The molecular formula is C16H18N2O2. The third-order valence-corrected chi connectivity index (χ3v) is 3.48. The first-order valence-corrected chi connectivity index (χ1v) is 6.77. The maximum Gasteiger partial charge on any atom is 0.134 e. The van der Waals surface area contributed by atoms with Gasteiger partial charge < -0.3 is 9.52 Å². The van der Waals surface area contributed by atoms with Gasteiger partial charge in [0.1, 0.15) is 17.4 Å². The number of furan rings is 1. The molecule has 0 saturated heterocycles. The Bertz CT molecular complexity index is 727. The van der Waals surface area contributed by atoms with Crippen molar-refractivity contribution in [1.29, 1.82) is 0 Å². The van der Waals surface area contributed by atoms with E-state index in [1.807, 2.05) is 44.6 Å².